The average molecular weight is 283 g/mol. The molecule has 2 nitrogen and oxygen atoms in total. The van der Waals surface area contributed by atoms with Gasteiger partial charge in [-0.2, -0.15) is 0 Å². The van der Waals surface area contributed by atoms with Crippen molar-refractivity contribution < 1.29 is 22.4 Å². The molecule has 0 fully saturated rings. The van der Waals surface area contributed by atoms with Gasteiger partial charge in [0.1, 0.15) is 5.82 Å². The fourth-order valence-electron chi connectivity index (χ4n) is 1.63. The first kappa shape index (κ1) is 14.0. The molecule has 20 heavy (non-hydrogen) atoms. The first-order valence-electron chi connectivity index (χ1n) is 5.66. The topological polar surface area (TPSA) is 29.1 Å². The number of hydrogen-bond acceptors (Lipinski definition) is 1. The predicted molar refractivity (Wildman–Crippen MR) is 65.0 cm³/mol. The van der Waals surface area contributed by atoms with Gasteiger partial charge in [-0.15, -0.1) is 0 Å². The molecular weight excluding hydrogens is 274 g/mol. The third-order valence-electron chi connectivity index (χ3n) is 2.62. The molecule has 0 aliphatic heterocycles. The van der Waals surface area contributed by atoms with Crippen LogP contribution in [0.2, 0.25) is 0 Å². The van der Waals surface area contributed by atoms with E-state index in [2.05, 4.69) is 5.32 Å². The Kier molecular flexibility index (Phi) is 4.02. The molecule has 0 unspecified atom stereocenters. The summed E-state index contributed by atoms with van der Waals surface area (Å²) in [5.41, 5.74) is -0.377. The van der Waals surface area contributed by atoms with E-state index in [0.29, 0.717) is 6.07 Å². The minimum Gasteiger partial charge on any atom is -0.323 e. The SMILES string of the molecule is O=C(Cc1ccccc1F)Nc1ccc(F)c(F)c1F. The summed E-state index contributed by atoms with van der Waals surface area (Å²) in [6.07, 6.45) is -0.342. The summed E-state index contributed by atoms with van der Waals surface area (Å²) in [6, 6.07) is 7.18. The van der Waals surface area contributed by atoms with E-state index in [1.807, 2.05) is 0 Å². The first-order chi connectivity index (χ1) is 9.49. The molecule has 0 radical (unpaired) electrons. The number of halogens is 4. The van der Waals surface area contributed by atoms with E-state index in [9.17, 15) is 22.4 Å². The van der Waals surface area contributed by atoms with Crippen LogP contribution in [0.15, 0.2) is 36.4 Å². The number of benzene rings is 2. The van der Waals surface area contributed by atoms with E-state index in [-0.39, 0.29) is 12.0 Å². The lowest BCUT2D eigenvalue weighted by molar-refractivity contribution is -0.115. The maximum absolute atomic E-state index is 13.3. The van der Waals surface area contributed by atoms with Gasteiger partial charge in [0.25, 0.3) is 0 Å². The first-order valence-corrected chi connectivity index (χ1v) is 5.66. The highest BCUT2D eigenvalue weighted by Gasteiger charge is 2.16. The minimum absolute atomic E-state index is 0.119. The van der Waals surface area contributed by atoms with Crippen LogP contribution in [0.1, 0.15) is 5.56 Å². The van der Waals surface area contributed by atoms with Crippen molar-refractivity contribution in [2.45, 2.75) is 6.42 Å². The standard InChI is InChI=1S/C14H9F4NO/c15-9-4-2-1-3-8(9)7-12(20)19-11-6-5-10(16)13(17)14(11)18/h1-6H,7H2,(H,19,20). The molecule has 0 bridgehead atoms. The second-order valence-electron chi connectivity index (χ2n) is 4.04. The third kappa shape index (κ3) is 2.96. The molecule has 2 rings (SSSR count). The van der Waals surface area contributed by atoms with Gasteiger partial charge in [-0.25, -0.2) is 17.6 Å². The summed E-state index contributed by atoms with van der Waals surface area (Å²) in [7, 11) is 0. The lowest BCUT2D eigenvalue weighted by Crippen LogP contribution is -2.16. The summed E-state index contributed by atoms with van der Waals surface area (Å²) >= 11 is 0. The monoisotopic (exact) mass is 283 g/mol. The maximum Gasteiger partial charge on any atom is 0.228 e. The molecule has 1 amide bonds. The molecule has 0 spiro atoms. The summed E-state index contributed by atoms with van der Waals surface area (Å²) in [5, 5.41) is 2.07. The van der Waals surface area contributed by atoms with Gasteiger partial charge in [-0.1, -0.05) is 18.2 Å². The molecule has 0 aliphatic rings. The van der Waals surface area contributed by atoms with Gasteiger partial charge < -0.3 is 5.32 Å². The van der Waals surface area contributed by atoms with Crippen LogP contribution in [0.4, 0.5) is 23.2 Å². The van der Waals surface area contributed by atoms with E-state index in [0.717, 1.165) is 6.07 Å². The van der Waals surface area contributed by atoms with Gasteiger partial charge in [-0.3, -0.25) is 4.79 Å². The number of anilines is 1. The Balaban J connectivity index is 2.13. The van der Waals surface area contributed by atoms with Crippen LogP contribution < -0.4 is 5.32 Å². The van der Waals surface area contributed by atoms with Crippen molar-refractivity contribution in [2.75, 3.05) is 5.32 Å². The molecule has 6 heteroatoms. The second-order valence-corrected chi connectivity index (χ2v) is 4.04. The minimum atomic E-state index is -1.67. The Hall–Kier alpha value is -2.37. The summed E-state index contributed by atoms with van der Waals surface area (Å²) in [6.45, 7) is 0. The molecule has 0 heterocycles. The number of amides is 1. The van der Waals surface area contributed by atoms with E-state index in [1.165, 1.54) is 18.2 Å². The van der Waals surface area contributed by atoms with Gasteiger partial charge in [-0.05, 0) is 23.8 Å². The lowest BCUT2D eigenvalue weighted by atomic mass is 10.1. The lowest BCUT2D eigenvalue weighted by Gasteiger charge is -2.07. The molecule has 0 atom stereocenters. The van der Waals surface area contributed by atoms with Gasteiger partial charge in [0.05, 0.1) is 12.1 Å². The fourth-order valence-corrected chi connectivity index (χ4v) is 1.63. The quantitative estimate of drug-likeness (QED) is 0.678. The number of nitrogens with one attached hydrogen (secondary N) is 1. The van der Waals surface area contributed by atoms with E-state index < -0.39 is 34.9 Å². The largest absolute Gasteiger partial charge is 0.323 e. The number of hydrogen-bond donors (Lipinski definition) is 1. The van der Waals surface area contributed by atoms with E-state index in [4.69, 9.17) is 0 Å². The fraction of sp³-hybridized carbons (Fsp3) is 0.0714. The van der Waals surface area contributed by atoms with Crippen molar-refractivity contribution in [3.63, 3.8) is 0 Å². The summed E-state index contributed by atoms with van der Waals surface area (Å²) in [4.78, 5) is 11.6. The molecule has 0 aliphatic carbocycles. The van der Waals surface area contributed by atoms with Crippen molar-refractivity contribution in [1.82, 2.24) is 0 Å². The molecule has 0 saturated heterocycles. The predicted octanol–water partition coefficient (Wildman–Crippen LogP) is 3.42. The summed E-state index contributed by atoms with van der Waals surface area (Å²) < 4.78 is 52.3. The van der Waals surface area contributed by atoms with Crippen molar-refractivity contribution >= 4 is 11.6 Å². The number of carbonyl (C=O) groups is 1. The Labute approximate surface area is 112 Å². The smallest absolute Gasteiger partial charge is 0.228 e. The zero-order chi connectivity index (χ0) is 14.7. The average Bonchev–Trinajstić information content (AvgIpc) is 2.42. The second kappa shape index (κ2) is 5.73. The van der Waals surface area contributed by atoms with E-state index >= 15 is 0 Å². The third-order valence-corrected chi connectivity index (χ3v) is 2.62. The van der Waals surface area contributed by atoms with Crippen molar-refractivity contribution in [2.24, 2.45) is 0 Å². The van der Waals surface area contributed by atoms with Crippen molar-refractivity contribution in [3.05, 3.63) is 65.2 Å². The Bertz CT molecular complexity index is 658. The van der Waals surface area contributed by atoms with Crippen LogP contribution in [-0.4, -0.2) is 5.91 Å². The van der Waals surface area contributed by atoms with Gasteiger partial charge >= 0.3 is 0 Å². The maximum atomic E-state index is 13.3. The Morgan fingerprint density at radius 2 is 1.60 bits per heavy atom. The zero-order valence-electron chi connectivity index (χ0n) is 10.1. The zero-order valence-corrected chi connectivity index (χ0v) is 10.1. The Morgan fingerprint density at radius 3 is 2.30 bits per heavy atom. The normalized spacial score (nSPS) is 10.4. The van der Waals surface area contributed by atoms with Crippen molar-refractivity contribution in [1.29, 1.82) is 0 Å². The molecule has 0 saturated carbocycles. The highest BCUT2D eigenvalue weighted by atomic mass is 19.2. The highest BCUT2D eigenvalue weighted by molar-refractivity contribution is 5.92. The van der Waals surface area contributed by atoms with Crippen molar-refractivity contribution in [3.8, 4) is 0 Å². The van der Waals surface area contributed by atoms with Crippen LogP contribution in [0.5, 0.6) is 0 Å². The van der Waals surface area contributed by atoms with Crippen LogP contribution in [0, 0.1) is 23.3 Å². The van der Waals surface area contributed by atoms with E-state index in [1.54, 1.807) is 6.07 Å². The number of rotatable bonds is 3. The van der Waals surface area contributed by atoms with Crippen LogP contribution >= 0.6 is 0 Å². The van der Waals surface area contributed by atoms with Gasteiger partial charge in [0.15, 0.2) is 17.5 Å². The molecule has 2 aromatic rings. The van der Waals surface area contributed by atoms with Crippen LogP contribution in [0.25, 0.3) is 0 Å². The molecule has 104 valence electrons. The van der Waals surface area contributed by atoms with Gasteiger partial charge in [0.2, 0.25) is 5.91 Å². The molecule has 2 aromatic carbocycles. The highest BCUT2D eigenvalue weighted by Crippen LogP contribution is 2.20. The Morgan fingerprint density at radius 1 is 0.900 bits per heavy atom. The molecular formula is C14H9F4NO. The number of carbonyl (C=O) groups excluding carboxylic acids is 1. The molecule has 1 N–H and O–H groups in total. The van der Waals surface area contributed by atoms with Gasteiger partial charge in [0, 0.05) is 0 Å². The molecule has 0 aromatic heterocycles. The van der Waals surface area contributed by atoms with Crippen LogP contribution in [-0.2, 0) is 11.2 Å². The van der Waals surface area contributed by atoms with Crippen LogP contribution in [0.3, 0.4) is 0 Å². The summed E-state index contributed by atoms with van der Waals surface area (Å²) in [5.74, 6) is -5.83.